The van der Waals surface area contributed by atoms with Crippen molar-refractivity contribution in [3.8, 4) is 0 Å². The lowest BCUT2D eigenvalue weighted by atomic mass is 10.1. The maximum absolute atomic E-state index is 12.8. The van der Waals surface area contributed by atoms with Crippen LogP contribution in [0.1, 0.15) is 37.2 Å². The largest absolute Gasteiger partial charge is 0.389 e. The highest BCUT2D eigenvalue weighted by atomic mass is 35.5. The van der Waals surface area contributed by atoms with Crippen molar-refractivity contribution in [3.05, 3.63) is 67.1 Å². The van der Waals surface area contributed by atoms with E-state index in [-0.39, 0.29) is 31.2 Å². The summed E-state index contributed by atoms with van der Waals surface area (Å²) in [7, 11) is 0. The van der Waals surface area contributed by atoms with Crippen LogP contribution in [-0.2, 0) is 0 Å². The number of hydrogen-bond donors (Lipinski definition) is 2. The van der Waals surface area contributed by atoms with Crippen molar-refractivity contribution in [2.75, 3.05) is 0 Å². The third kappa shape index (κ3) is 5.19. The van der Waals surface area contributed by atoms with Crippen LogP contribution in [0, 0.1) is 11.6 Å². The molecule has 0 saturated heterocycles. The molecular weight excluding hydrogens is 404 g/mol. The first-order chi connectivity index (χ1) is 11.1. The van der Waals surface area contributed by atoms with Gasteiger partial charge in [-0.3, -0.25) is 0 Å². The minimum atomic E-state index is -0.860. The van der Waals surface area contributed by atoms with Crippen LogP contribution in [0.25, 0.3) is 0 Å². The van der Waals surface area contributed by atoms with Gasteiger partial charge in [-0.05, 0) is 38.1 Å². The molecule has 0 aliphatic rings. The summed E-state index contributed by atoms with van der Waals surface area (Å²) in [4.78, 5) is 0. The summed E-state index contributed by atoms with van der Waals surface area (Å²) in [5, 5.41) is 18.7. The lowest BCUT2D eigenvalue weighted by Gasteiger charge is -2.09. The van der Waals surface area contributed by atoms with E-state index in [1.54, 1.807) is 0 Å². The van der Waals surface area contributed by atoms with E-state index in [0.29, 0.717) is 0 Å². The van der Waals surface area contributed by atoms with E-state index >= 15 is 0 Å². The van der Waals surface area contributed by atoms with Crippen molar-refractivity contribution in [2.24, 2.45) is 0 Å². The molecule has 2 nitrogen and oxygen atoms in total. The first-order valence-electron chi connectivity index (χ1n) is 6.70. The van der Waals surface area contributed by atoms with Gasteiger partial charge in [0.25, 0.3) is 0 Å². The quantitative estimate of drug-likeness (QED) is 0.557. The normalized spacial score (nSPS) is 13.1. The Hall–Kier alpha value is -0.620. The fourth-order valence-electron chi connectivity index (χ4n) is 1.85. The topological polar surface area (TPSA) is 40.5 Å². The molecule has 0 heterocycles. The van der Waals surface area contributed by atoms with Gasteiger partial charge in [-0.25, -0.2) is 8.78 Å². The molecule has 0 unspecified atom stereocenters. The van der Waals surface area contributed by atoms with E-state index in [1.807, 2.05) is 0 Å². The minimum Gasteiger partial charge on any atom is -0.389 e. The third-order valence-electron chi connectivity index (χ3n) is 2.99. The maximum Gasteiger partial charge on any atom is 0.142 e. The molecular formula is C16H14Cl4F2O2. The van der Waals surface area contributed by atoms with E-state index in [4.69, 9.17) is 46.4 Å². The molecule has 24 heavy (non-hydrogen) atoms. The number of rotatable bonds is 2. The average Bonchev–Trinajstić information content (AvgIpc) is 2.48. The summed E-state index contributed by atoms with van der Waals surface area (Å²) in [5.41, 5.74) is 0.469. The van der Waals surface area contributed by atoms with Gasteiger partial charge in [0.1, 0.15) is 11.6 Å². The second kappa shape index (κ2) is 9.18. The van der Waals surface area contributed by atoms with Crippen molar-refractivity contribution in [3.63, 3.8) is 0 Å². The zero-order valence-electron chi connectivity index (χ0n) is 12.6. The van der Waals surface area contributed by atoms with E-state index in [0.717, 1.165) is 12.1 Å². The van der Waals surface area contributed by atoms with Gasteiger partial charge in [0.15, 0.2) is 0 Å². The van der Waals surface area contributed by atoms with Gasteiger partial charge < -0.3 is 10.2 Å². The summed E-state index contributed by atoms with van der Waals surface area (Å²) >= 11 is 22.5. The highest BCUT2D eigenvalue weighted by molar-refractivity contribution is 6.36. The van der Waals surface area contributed by atoms with Crippen molar-refractivity contribution in [2.45, 2.75) is 26.1 Å². The molecule has 0 saturated carbocycles. The van der Waals surface area contributed by atoms with E-state index in [1.165, 1.54) is 26.0 Å². The van der Waals surface area contributed by atoms with Crippen molar-refractivity contribution >= 4 is 46.4 Å². The van der Waals surface area contributed by atoms with Crippen LogP contribution < -0.4 is 0 Å². The predicted octanol–water partition coefficient (Wildman–Crippen LogP) is 6.37. The number of benzene rings is 2. The zero-order valence-corrected chi connectivity index (χ0v) is 15.7. The molecule has 0 aliphatic carbocycles. The molecule has 0 radical (unpaired) electrons. The number of aliphatic hydroxyl groups excluding tert-OH is 2. The Morgan fingerprint density at radius 3 is 1.21 bits per heavy atom. The Bertz CT molecular complexity index is 660. The SMILES string of the molecule is C[C@@H](O)c1c(Cl)ccc(F)c1Cl.C[C@H](O)c1c(Cl)ccc(F)c1Cl. The Balaban J connectivity index is 0.000000240. The smallest absolute Gasteiger partial charge is 0.142 e. The first kappa shape index (κ1) is 21.4. The summed E-state index contributed by atoms with van der Waals surface area (Å²) in [6.45, 7) is 2.96. The highest BCUT2D eigenvalue weighted by Crippen LogP contribution is 2.32. The second-order valence-corrected chi connectivity index (χ2v) is 6.44. The standard InChI is InChI=1S/2C8H7Cl2FO/c2*1-4(12)7-5(9)2-3-6(11)8(7)10/h2*2-4,12H,1H3/t2*4-/m10/s1. The van der Waals surface area contributed by atoms with Crippen LogP contribution in [0.15, 0.2) is 24.3 Å². The summed E-state index contributed by atoms with van der Waals surface area (Å²) in [6, 6.07) is 5.06. The second-order valence-electron chi connectivity index (χ2n) is 4.87. The Morgan fingerprint density at radius 1 is 0.708 bits per heavy atom. The summed E-state index contributed by atoms with van der Waals surface area (Å²) < 4.78 is 25.6. The summed E-state index contributed by atoms with van der Waals surface area (Å²) in [5.74, 6) is -1.14. The molecule has 0 fully saturated rings. The Labute approximate surface area is 158 Å². The van der Waals surface area contributed by atoms with Crippen molar-refractivity contribution in [1.82, 2.24) is 0 Å². The lowest BCUT2D eigenvalue weighted by molar-refractivity contribution is 0.198. The molecule has 2 aromatic rings. The monoisotopic (exact) mass is 416 g/mol. The average molecular weight is 418 g/mol. The molecule has 0 bridgehead atoms. The minimum absolute atomic E-state index is 0.113. The van der Waals surface area contributed by atoms with Gasteiger partial charge in [0, 0.05) is 21.2 Å². The Morgan fingerprint density at radius 2 is 1.00 bits per heavy atom. The molecule has 0 aliphatic heterocycles. The van der Waals surface area contributed by atoms with Crippen LogP contribution >= 0.6 is 46.4 Å². The first-order valence-corrected chi connectivity index (χ1v) is 8.22. The van der Waals surface area contributed by atoms with Crippen LogP contribution in [0.4, 0.5) is 8.78 Å². The molecule has 2 N–H and O–H groups in total. The van der Waals surface area contributed by atoms with Gasteiger partial charge in [0.05, 0.1) is 22.3 Å². The van der Waals surface area contributed by atoms with Gasteiger partial charge in [-0.2, -0.15) is 0 Å². The number of halogens is 6. The van der Waals surface area contributed by atoms with Crippen molar-refractivity contribution in [1.29, 1.82) is 0 Å². The molecule has 2 atom stereocenters. The molecule has 132 valence electrons. The number of aliphatic hydroxyl groups is 2. The fraction of sp³-hybridized carbons (Fsp3) is 0.250. The van der Waals surface area contributed by atoms with Crippen LogP contribution in [0.2, 0.25) is 20.1 Å². The molecule has 8 heteroatoms. The maximum atomic E-state index is 12.8. The molecule has 2 aromatic carbocycles. The van der Waals surface area contributed by atoms with E-state index in [9.17, 15) is 19.0 Å². The molecule has 0 aromatic heterocycles. The van der Waals surface area contributed by atoms with Gasteiger partial charge >= 0.3 is 0 Å². The fourth-order valence-corrected chi connectivity index (χ4v) is 3.22. The van der Waals surface area contributed by atoms with Gasteiger partial charge in [-0.15, -0.1) is 0 Å². The van der Waals surface area contributed by atoms with Crippen molar-refractivity contribution < 1.29 is 19.0 Å². The molecule has 0 amide bonds. The number of hydrogen-bond acceptors (Lipinski definition) is 2. The van der Waals surface area contributed by atoms with Crippen LogP contribution in [0.3, 0.4) is 0 Å². The Kier molecular flexibility index (Phi) is 8.20. The predicted molar refractivity (Wildman–Crippen MR) is 94.1 cm³/mol. The van der Waals surface area contributed by atoms with Gasteiger partial charge in [0.2, 0.25) is 0 Å². The lowest BCUT2D eigenvalue weighted by Crippen LogP contribution is -1.95. The van der Waals surface area contributed by atoms with E-state index in [2.05, 4.69) is 0 Å². The molecule has 0 spiro atoms. The van der Waals surface area contributed by atoms with E-state index < -0.39 is 23.8 Å². The third-order valence-corrected chi connectivity index (χ3v) is 4.42. The van der Waals surface area contributed by atoms with Crippen LogP contribution in [0.5, 0.6) is 0 Å². The van der Waals surface area contributed by atoms with Gasteiger partial charge in [-0.1, -0.05) is 46.4 Å². The zero-order chi connectivity index (χ0) is 18.6. The summed E-state index contributed by atoms with van der Waals surface area (Å²) in [6.07, 6.45) is -1.72. The highest BCUT2D eigenvalue weighted by Gasteiger charge is 2.15. The molecule has 2 rings (SSSR count). The van der Waals surface area contributed by atoms with Crippen LogP contribution in [-0.4, -0.2) is 10.2 Å².